The summed E-state index contributed by atoms with van der Waals surface area (Å²) >= 11 is 0. The number of hydrogen-bond acceptors (Lipinski definition) is 6. The van der Waals surface area contributed by atoms with E-state index in [1.807, 2.05) is 54.9 Å². The van der Waals surface area contributed by atoms with E-state index in [0.29, 0.717) is 5.82 Å². The fourth-order valence-corrected chi connectivity index (χ4v) is 7.66. The van der Waals surface area contributed by atoms with Crippen LogP contribution >= 0.6 is 0 Å². The Morgan fingerprint density at radius 1 is 0.304 bits per heavy atom. The molecule has 0 N–H and O–H groups in total. The molecule has 11 aromatic rings. The Bertz CT molecular complexity index is 3110. The number of fused-ring (bicyclic) bond motifs is 6. The summed E-state index contributed by atoms with van der Waals surface area (Å²) in [4.78, 5) is 18.8. The summed E-state index contributed by atoms with van der Waals surface area (Å²) < 4.78 is 12.4. The predicted octanol–water partition coefficient (Wildman–Crippen LogP) is 13.1. The van der Waals surface area contributed by atoms with Crippen LogP contribution in [0.25, 0.3) is 111 Å². The summed E-state index contributed by atoms with van der Waals surface area (Å²) in [5.74, 6) is 0.656. The van der Waals surface area contributed by atoms with Gasteiger partial charge >= 0.3 is 0 Å². The smallest absolute Gasteiger partial charge is 0.160 e. The van der Waals surface area contributed by atoms with Crippen molar-refractivity contribution in [2.24, 2.45) is 0 Å². The highest BCUT2D eigenvalue weighted by atomic mass is 16.3. The lowest BCUT2D eigenvalue weighted by Gasteiger charge is -2.14. The van der Waals surface area contributed by atoms with Crippen LogP contribution < -0.4 is 0 Å². The molecule has 262 valence electrons. The quantitative estimate of drug-likeness (QED) is 0.170. The summed E-state index contributed by atoms with van der Waals surface area (Å²) in [6, 6.07) is 56.6. The van der Waals surface area contributed by atoms with E-state index in [0.717, 1.165) is 105 Å². The third kappa shape index (κ3) is 5.60. The SMILES string of the molecule is c1ccc(-c2nc(-c3ccc(-c4cncnc4)cc3)cc(-c3cc(-c4ccc5oc6ccccc6c5c4)cc(-c4ccc5oc6ccccc6c5c4)c3)n2)cc1. The molecule has 0 spiro atoms. The summed E-state index contributed by atoms with van der Waals surface area (Å²) in [6.45, 7) is 0. The molecule has 0 fully saturated rings. The second-order valence-corrected chi connectivity index (χ2v) is 13.9. The van der Waals surface area contributed by atoms with Crippen LogP contribution in [0.4, 0.5) is 0 Å². The Balaban J connectivity index is 1.11. The molecule has 6 nitrogen and oxygen atoms in total. The zero-order valence-corrected chi connectivity index (χ0v) is 29.9. The summed E-state index contributed by atoms with van der Waals surface area (Å²) in [6.07, 6.45) is 5.19. The van der Waals surface area contributed by atoms with Gasteiger partial charge in [0.2, 0.25) is 0 Å². The van der Waals surface area contributed by atoms with Gasteiger partial charge in [-0.25, -0.2) is 19.9 Å². The van der Waals surface area contributed by atoms with Crippen molar-refractivity contribution in [3.63, 3.8) is 0 Å². The van der Waals surface area contributed by atoms with Gasteiger partial charge < -0.3 is 8.83 Å². The Hall–Kier alpha value is -7.70. The van der Waals surface area contributed by atoms with Crippen LogP contribution in [-0.4, -0.2) is 19.9 Å². The molecule has 0 radical (unpaired) electrons. The molecule has 0 bridgehead atoms. The average molecular weight is 719 g/mol. The van der Waals surface area contributed by atoms with Crippen LogP contribution in [0.1, 0.15) is 0 Å². The average Bonchev–Trinajstić information content (AvgIpc) is 3.84. The van der Waals surface area contributed by atoms with Gasteiger partial charge in [0.05, 0.1) is 11.4 Å². The highest BCUT2D eigenvalue weighted by Gasteiger charge is 2.16. The molecule has 0 aliphatic rings. The molecule has 0 amide bonds. The summed E-state index contributed by atoms with van der Waals surface area (Å²) in [5, 5.41) is 4.35. The fourth-order valence-electron chi connectivity index (χ4n) is 7.66. The third-order valence-electron chi connectivity index (χ3n) is 10.5. The van der Waals surface area contributed by atoms with Crippen LogP contribution in [0.15, 0.2) is 191 Å². The highest BCUT2D eigenvalue weighted by Crippen LogP contribution is 2.39. The lowest BCUT2D eigenvalue weighted by molar-refractivity contribution is 0.668. The molecule has 0 saturated carbocycles. The molecule has 4 heterocycles. The topological polar surface area (TPSA) is 77.8 Å². The maximum Gasteiger partial charge on any atom is 0.160 e. The van der Waals surface area contributed by atoms with E-state index >= 15 is 0 Å². The molecule has 7 aromatic carbocycles. The minimum atomic E-state index is 0.656. The van der Waals surface area contributed by atoms with Gasteiger partial charge in [-0.05, 0) is 88.5 Å². The van der Waals surface area contributed by atoms with Crippen molar-refractivity contribution in [2.45, 2.75) is 0 Å². The van der Waals surface area contributed by atoms with E-state index in [9.17, 15) is 0 Å². The van der Waals surface area contributed by atoms with Crippen molar-refractivity contribution in [2.75, 3.05) is 0 Å². The first-order valence-electron chi connectivity index (χ1n) is 18.5. The minimum Gasteiger partial charge on any atom is -0.456 e. The van der Waals surface area contributed by atoms with E-state index in [2.05, 4.69) is 131 Å². The van der Waals surface area contributed by atoms with Crippen LogP contribution in [0, 0.1) is 0 Å². The monoisotopic (exact) mass is 718 g/mol. The predicted molar refractivity (Wildman–Crippen MR) is 225 cm³/mol. The van der Waals surface area contributed by atoms with Gasteiger partial charge in [-0.1, -0.05) is 103 Å². The Labute approximate surface area is 321 Å². The molecule has 56 heavy (non-hydrogen) atoms. The fraction of sp³-hybridized carbons (Fsp3) is 0. The van der Waals surface area contributed by atoms with Crippen molar-refractivity contribution in [1.29, 1.82) is 0 Å². The third-order valence-corrected chi connectivity index (χ3v) is 10.5. The minimum absolute atomic E-state index is 0.656. The number of furan rings is 2. The van der Waals surface area contributed by atoms with Crippen molar-refractivity contribution in [3.05, 3.63) is 183 Å². The first-order chi connectivity index (χ1) is 27.7. The molecule has 0 atom stereocenters. The summed E-state index contributed by atoms with van der Waals surface area (Å²) in [5.41, 5.74) is 14.3. The standard InChI is InChI=1S/C50H30N4O2/c1-2-8-33(9-3-1)50-53-44(32-16-14-31(15-17-32)39-28-51-30-52-29-39)27-45(54-50)38-23-36(34-18-20-48-42(25-34)40-10-4-6-12-46(40)55-48)22-37(24-38)35-19-21-49-43(26-35)41-11-5-7-13-47(41)56-49/h1-30H. The van der Waals surface area contributed by atoms with Crippen LogP contribution in [-0.2, 0) is 0 Å². The van der Waals surface area contributed by atoms with E-state index in [4.69, 9.17) is 18.8 Å². The number of rotatable bonds is 6. The van der Waals surface area contributed by atoms with Gasteiger partial charge in [0.1, 0.15) is 28.7 Å². The molecule has 0 aliphatic heterocycles. The summed E-state index contributed by atoms with van der Waals surface area (Å²) in [7, 11) is 0. The van der Waals surface area contributed by atoms with Crippen LogP contribution in [0.5, 0.6) is 0 Å². The van der Waals surface area contributed by atoms with Gasteiger partial charge in [0, 0.05) is 56.2 Å². The number of para-hydroxylation sites is 2. The lowest BCUT2D eigenvalue weighted by Crippen LogP contribution is -1.96. The van der Waals surface area contributed by atoms with E-state index < -0.39 is 0 Å². The lowest BCUT2D eigenvalue weighted by atomic mass is 9.93. The Kier molecular flexibility index (Phi) is 7.38. The molecule has 0 saturated heterocycles. The number of nitrogens with zero attached hydrogens (tertiary/aromatic N) is 4. The Morgan fingerprint density at radius 3 is 1.39 bits per heavy atom. The molecule has 11 rings (SSSR count). The molecule has 6 heteroatoms. The number of hydrogen-bond donors (Lipinski definition) is 0. The van der Waals surface area contributed by atoms with E-state index in [1.165, 1.54) is 0 Å². The second-order valence-electron chi connectivity index (χ2n) is 13.9. The van der Waals surface area contributed by atoms with Gasteiger partial charge in [0.25, 0.3) is 0 Å². The van der Waals surface area contributed by atoms with Crippen LogP contribution in [0.2, 0.25) is 0 Å². The molecule has 4 aromatic heterocycles. The van der Waals surface area contributed by atoms with Gasteiger partial charge in [-0.15, -0.1) is 0 Å². The maximum absolute atomic E-state index is 6.21. The first kappa shape index (κ1) is 31.8. The molecular weight excluding hydrogens is 689 g/mol. The van der Waals surface area contributed by atoms with Gasteiger partial charge in [0.15, 0.2) is 5.82 Å². The van der Waals surface area contributed by atoms with Crippen molar-refractivity contribution in [3.8, 4) is 67.3 Å². The van der Waals surface area contributed by atoms with E-state index in [-0.39, 0.29) is 0 Å². The molecule has 0 unspecified atom stereocenters. The number of aromatic nitrogens is 4. The largest absolute Gasteiger partial charge is 0.456 e. The zero-order valence-electron chi connectivity index (χ0n) is 29.9. The normalized spacial score (nSPS) is 11.6. The molecular formula is C50H30N4O2. The van der Waals surface area contributed by atoms with E-state index in [1.54, 1.807) is 6.33 Å². The Morgan fingerprint density at radius 2 is 0.786 bits per heavy atom. The molecule has 0 aliphatic carbocycles. The maximum atomic E-state index is 6.21. The first-order valence-corrected chi connectivity index (χ1v) is 18.5. The zero-order chi connectivity index (χ0) is 37.0. The van der Waals surface area contributed by atoms with Crippen molar-refractivity contribution in [1.82, 2.24) is 19.9 Å². The van der Waals surface area contributed by atoms with Crippen molar-refractivity contribution < 1.29 is 8.83 Å². The van der Waals surface area contributed by atoms with Crippen LogP contribution in [0.3, 0.4) is 0 Å². The number of benzene rings is 7. The van der Waals surface area contributed by atoms with Crippen molar-refractivity contribution >= 4 is 43.9 Å². The van der Waals surface area contributed by atoms with Gasteiger partial charge in [-0.3, -0.25) is 0 Å². The highest BCUT2D eigenvalue weighted by molar-refractivity contribution is 6.07. The van der Waals surface area contributed by atoms with Gasteiger partial charge in [-0.2, -0.15) is 0 Å². The second kappa shape index (κ2) is 13.0.